The first-order valence-corrected chi connectivity index (χ1v) is 5.65. The Labute approximate surface area is 97.5 Å². The molecule has 0 fully saturated rings. The molecule has 0 unspecified atom stereocenters. The molecule has 1 heterocycles. The van der Waals surface area contributed by atoms with Crippen molar-refractivity contribution in [3.05, 3.63) is 30.1 Å². The molecule has 3 nitrogen and oxygen atoms in total. The smallest absolute Gasteiger partial charge is 0.0893 e. The molecular weight excluding hydrogens is 202 g/mol. The van der Waals surface area contributed by atoms with Crippen LogP contribution in [0.25, 0.3) is 0 Å². The Morgan fingerprint density at radius 1 is 1.38 bits per heavy atom. The molecule has 0 saturated carbocycles. The van der Waals surface area contributed by atoms with E-state index >= 15 is 0 Å². The molecule has 0 radical (unpaired) electrons. The van der Waals surface area contributed by atoms with Gasteiger partial charge < -0.3 is 9.84 Å². The Morgan fingerprint density at radius 3 is 2.50 bits per heavy atom. The lowest BCUT2D eigenvalue weighted by Gasteiger charge is -2.32. The van der Waals surface area contributed by atoms with Crippen molar-refractivity contribution in [2.75, 3.05) is 0 Å². The minimum atomic E-state index is -0.830. The highest BCUT2D eigenvalue weighted by Crippen LogP contribution is 2.21. The van der Waals surface area contributed by atoms with Gasteiger partial charge in [0.15, 0.2) is 0 Å². The number of aliphatic hydroxyl groups is 1. The number of hydrogen-bond acceptors (Lipinski definition) is 3. The summed E-state index contributed by atoms with van der Waals surface area (Å²) in [6.45, 7) is 8.07. The van der Waals surface area contributed by atoms with Gasteiger partial charge in [0, 0.05) is 6.20 Å². The summed E-state index contributed by atoms with van der Waals surface area (Å²) in [6.07, 6.45) is 1.56. The summed E-state index contributed by atoms with van der Waals surface area (Å²) in [5, 5.41) is 9.98. The summed E-state index contributed by atoms with van der Waals surface area (Å²) in [6, 6.07) is 5.72. The van der Waals surface area contributed by atoms with Gasteiger partial charge in [0.25, 0.3) is 0 Å². The molecule has 0 bridgehead atoms. The van der Waals surface area contributed by atoms with Crippen LogP contribution in [0, 0.1) is 5.92 Å². The lowest BCUT2D eigenvalue weighted by molar-refractivity contribution is -0.116. The quantitative estimate of drug-likeness (QED) is 0.833. The zero-order valence-electron chi connectivity index (χ0n) is 10.5. The van der Waals surface area contributed by atoms with Crippen molar-refractivity contribution in [2.24, 2.45) is 5.92 Å². The molecule has 0 spiro atoms. The first-order chi connectivity index (χ1) is 7.41. The molecule has 1 N–H and O–H groups in total. The van der Waals surface area contributed by atoms with E-state index in [2.05, 4.69) is 4.98 Å². The van der Waals surface area contributed by atoms with Gasteiger partial charge in [0.05, 0.1) is 24.0 Å². The molecule has 1 aromatic heterocycles. The van der Waals surface area contributed by atoms with Crippen LogP contribution in [0.15, 0.2) is 24.4 Å². The van der Waals surface area contributed by atoms with Crippen molar-refractivity contribution < 1.29 is 9.84 Å². The third-order valence-electron chi connectivity index (χ3n) is 2.44. The Morgan fingerprint density at radius 2 is 2.06 bits per heavy atom. The lowest BCUT2D eigenvalue weighted by atomic mass is 9.92. The lowest BCUT2D eigenvalue weighted by Crippen LogP contribution is -2.41. The second-order valence-electron chi connectivity index (χ2n) is 4.95. The van der Waals surface area contributed by atoms with Crippen molar-refractivity contribution in [1.82, 2.24) is 4.98 Å². The molecule has 1 atom stereocenters. The molecule has 1 rings (SSSR count). The van der Waals surface area contributed by atoms with E-state index in [0.717, 1.165) is 5.69 Å². The number of pyridine rings is 1. The van der Waals surface area contributed by atoms with Gasteiger partial charge in [-0.25, -0.2) is 0 Å². The van der Waals surface area contributed by atoms with Gasteiger partial charge in [-0.1, -0.05) is 19.9 Å². The highest BCUT2D eigenvalue weighted by Gasteiger charge is 2.30. The number of rotatable bonds is 5. The molecule has 16 heavy (non-hydrogen) atoms. The fourth-order valence-electron chi connectivity index (χ4n) is 1.87. The van der Waals surface area contributed by atoms with Crippen LogP contribution in [0.3, 0.4) is 0 Å². The summed E-state index contributed by atoms with van der Waals surface area (Å²) >= 11 is 0. The topological polar surface area (TPSA) is 42.4 Å². The fraction of sp³-hybridized carbons (Fsp3) is 0.615. The molecule has 0 aliphatic carbocycles. The zero-order chi connectivity index (χ0) is 12.2. The van der Waals surface area contributed by atoms with Crippen LogP contribution in [-0.4, -0.2) is 21.8 Å². The third-order valence-corrected chi connectivity index (χ3v) is 2.44. The van der Waals surface area contributed by atoms with E-state index in [1.165, 1.54) is 0 Å². The average molecular weight is 223 g/mol. The van der Waals surface area contributed by atoms with E-state index in [1.54, 1.807) is 20.0 Å². The highest BCUT2D eigenvalue weighted by molar-refractivity contribution is 5.02. The molecule has 0 amide bonds. The monoisotopic (exact) mass is 223 g/mol. The molecule has 0 aliphatic heterocycles. The maximum absolute atomic E-state index is 9.98. The predicted molar refractivity (Wildman–Crippen MR) is 63.9 cm³/mol. The van der Waals surface area contributed by atoms with Crippen molar-refractivity contribution in [3.8, 4) is 0 Å². The van der Waals surface area contributed by atoms with Crippen molar-refractivity contribution in [1.29, 1.82) is 0 Å². The predicted octanol–water partition coefficient (Wildman–Crippen LogP) is 2.39. The minimum Gasteiger partial charge on any atom is -0.388 e. The number of ether oxygens (including phenoxy) is 1. The maximum atomic E-state index is 9.98. The molecular formula is C13H21NO2. The van der Waals surface area contributed by atoms with E-state index in [0.29, 0.717) is 6.61 Å². The van der Waals surface area contributed by atoms with Crippen LogP contribution in [0.2, 0.25) is 0 Å². The first kappa shape index (κ1) is 13.1. The van der Waals surface area contributed by atoms with Gasteiger partial charge in [0.2, 0.25) is 0 Å². The average Bonchev–Trinajstić information content (AvgIpc) is 2.17. The summed E-state index contributed by atoms with van der Waals surface area (Å²) in [5.74, 6) is 0.267. The molecule has 1 aromatic rings. The normalized spacial score (nSPS) is 14.1. The van der Waals surface area contributed by atoms with Crippen LogP contribution >= 0.6 is 0 Å². The van der Waals surface area contributed by atoms with Gasteiger partial charge >= 0.3 is 0 Å². The Kier molecular flexibility index (Phi) is 4.44. The van der Waals surface area contributed by atoms with E-state index < -0.39 is 5.60 Å². The summed E-state index contributed by atoms with van der Waals surface area (Å²) in [5.41, 5.74) is 0.0561. The Bertz CT molecular complexity index is 303. The standard InChI is InChI=1S/C13H21NO2/c1-10(2)12(13(3,4)15)16-9-11-7-5-6-8-14-11/h5-8,10,12,15H,9H2,1-4H3/t12-/m0/s1. The van der Waals surface area contributed by atoms with Gasteiger partial charge in [-0.2, -0.15) is 0 Å². The summed E-state index contributed by atoms with van der Waals surface area (Å²) < 4.78 is 5.74. The van der Waals surface area contributed by atoms with Gasteiger partial charge in [-0.05, 0) is 31.9 Å². The number of hydrogen-bond donors (Lipinski definition) is 1. The molecule has 3 heteroatoms. The summed E-state index contributed by atoms with van der Waals surface area (Å²) in [7, 11) is 0. The van der Waals surface area contributed by atoms with E-state index in [4.69, 9.17) is 4.74 Å². The van der Waals surface area contributed by atoms with Crippen molar-refractivity contribution in [3.63, 3.8) is 0 Å². The molecule has 0 saturated heterocycles. The fourth-order valence-corrected chi connectivity index (χ4v) is 1.87. The first-order valence-electron chi connectivity index (χ1n) is 5.65. The van der Waals surface area contributed by atoms with Crippen LogP contribution < -0.4 is 0 Å². The SMILES string of the molecule is CC(C)[C@H](OCc1ccccn1)C(C)(C)O. The Hall–Kier alpha value is -0.930. The Balaban J connectivity index is 2.58. The zero-order valence-corrected chi connectivity index (χ0v) is 10.5. The molecule has 0 aliphatic rings. The van der Waals surface area contributed by atoms with Crippen LogP contribution in [0.1, 0.15) is 33.4 Å². The summed E-state index contributed by atoms with van der Waals surface area (Å²) in [4.78, 5) is 4.19. The van der Waals surface area contributed by atoms with Gasteiger partial charge in [-0.15, -0.1) is 0 Å². The largest absolute Gasteiger partial charge is 0.388 e. The van der Waals surface area contributed by atoms with Crippen LogP contribution in [0.4, 0.5) is 0 Å². The minimum absolute atomic E-state index is 0.186. The third kappa shape index (κ3) is 3.91. The second-order valence-corrected chi connectivity index (χ2v) is 4.95. The van der Waals surface area contributed by atoms with E-state index in [9.17, 15) is 5.11 Å². The highest BCUT2D eigenvalue weighted by atomic mass is 16.5. The van der Waals surface area contributed by atoms with Crippen molar-refractivity contribution in [2.45, 2.75) is 46.0 Å². The number of aromatic nitrogens is 1. The van der Waals surface area contributed by atoms with Crippen molar-refractivity contribution >= 4 is 0 Å². The number of nitrogens with zero attached hydrogens (tertiary/aromatic N) is 1. The second kappa shape index (κ2) is 5.41. The van der Waals surface area contributed by atoms with Crippen LogP contribution in [-0.2, 0) is 11.3 Å². The van der Waals surface area contributed by atoms with E-state index in [1.807, 2.05) is 32.0 Å². The molecule has 90 valence electrons. The maximum Gasteiger partial charge on any atom is 0.0893 e. The van der Waals surface area contributed by atoms with Gasteiger partial charge in [0.1, 0.15) is 0 Å². The van der Waals surface area contributed by atoms with Crippen LogP contribution in [0.5, 0.6) is 0 Å². The van der Waals surface area contributed by atoms with E-state index in [-0.39, 0.29) is 12.0 Å². The molecule has 0 aromatic carbocycles. The van der Waals surface area contributed by atoms with Gasteiger partial charge in [-0.3, -0.25) is 4.98 Å².